The standard InChI is InChI=1S/C14H19Cl2N3O/c1-10-3-4-11(15)14(13(10)16)17-12(20)9-19-7-5-18(2)6-8-19/h3-4H,5-9H2,1-2H3,(H,17,20). The second-order valence-electron chi connectivity index (χ2n) is 5.18. The molecule has 0 aliphatic carbocycles. The Morgan fingerprint density at radius 3 is 2.55 bits per heavy atom. The number of hydrogen-bond acceptors (Lipinski definition) is 3. The van der Waals surface area contributed by atoms with Gasteiger partial charge in [-0.2, -0.15) is 0 Å². The first kappa shape index (κ1) is 15.6. The molecule has 20 heavy (non-hydrogen) atoms. The average Bonchev–Trinajstić information content (AvgIpc) is 2.42. The molecule has 1 aromatic rings. The largest absolute Gasteiger partial charge is 0.322 e. The van der Waals surface area contributed by atoms with Crippen LogP contribution in [-0.4, -0.2) is 55.5 Å². The fourth-order valence-corrected chi connectivity index (χ4v) is 2.62. The number of hydrogen-bond donors (Lipinski definition) is 1. The van der Waals surface area contributed by atoms with Crippen molar-refractivity contribution in [2.45, 2.75) is 6.92 Å². The molecule has 1 aliphatic heterocycles. The summed E-state index contributed by atoms with van der Waals surface area (Å²) in [6, 6.07) is 3.58. The van der Waals surface area contributed by atoms with Gasteiger partial charge >= 0.3 is 0 Å². The molecule has 1 N–H and O–H groups in total. The van der Waals surface area contributed by atoms with Crippen LogP contribution in [-0.2, 0) is 4.79 Å². The van der Waals surface area contributed by atoms with Gasteiger partial charge in [0, 0.05) is 26.2 Å². The molecule has 110 valence electrons. The van der Waals surface area contributed by atoms with Crippen molar-refractivity contribution >= 4 is 34.8 Å². The van der Waals surface area contributed by atoms with Crippen molar-refractivity contribution in [1.82, 2.24) is 9.80 Å². The lowest BCUT2D eigenvalue weighted by Crippen LogP contribution is -2.47. The van der Waals surface area contributed by atoms with Crippen LogP contribution in [0.4, 0.5) is 5.69 Å². The van der Waals surface area contributed by atoms with Crippen LogP contribution in [0.25, 0.3) is 0 Å². The predicted molar refractivity (Wildman–Crippen MR) is 83.8 cm³/mol. The summed E-state index contributed by atoms with van der Waals surface area (Å²) in [6.07, 6.45) is 0. The highest BCUT2D eigenvalue weighted by Gasteiger charge is 2.18. The molecule has 6 heteroatoms. The fraction of sp³-hybridized carbons (Fsp3) is 0.500. The zero-order valence-corrected chi connectivity index (χ0v) is 13.3. The van der Waals surface area contributed by atoms with Gasteiger partial charge in [-0.15, -0.1) is 0 Å². The van der Waals surface area contributed by atoms with E-state index in [9.17, 15) is 4.79 Å². The summed E-state index contributed by atoms with van der Waals surface area (Å²) < 4.78 is 0. The summed E-state index contributed by atoms with van der Waals surface area (Å²) >= 11 is 12.3. The second-order valence-corrected chi connectivity index (χ2v) is 5.97. The minimum Gasteiger partial charge on any atom is -0.322 e. The molecular weight excluding hydrogens is 297 g/mol. The Bertz CT molecular complexity index is 499. The van der Waals surface area contributed by atoms with Gasteiger partial charge in [0.15, 0.2) is 0 Å². The third-order valence-corrected chi connectivity index (χ3v) is 4.31. The monoisotopic (exact) mass is 315 g/mol. The van der Waals surface area contributed by atoms with E-state index in [1.54, 1.807) is 6.07 Å². The van der Waals surface area contributed by atoms with Gasteiger partial charge in [0.2, 0.25) is 5.91 Å². The van der Waals surface area contributed by atoms with Crippen LogP contribution in [0.15, 0.2) is 12.1 Å². The first-order valence-corrected chi connectivity index (χ1v) is 7.38. The fourth-order valence-electron chi connectivity index (χ4n) is 2.16. The number of aryl methyl sites for hydroxylation is 1. The van der Waals surface area contributed by atoms with Gasteiger partial charge in [-0.25, -0.2) is 0 Å². The molecule has 0 atom stereocenters. The summed E-state index contributed by atoms with van der Waals surface area (Å²) in [5, 5.41) is 3.79. The summed E-state index contributed by atoms with van der Waals surface area (Å²) in [4.78, 5) is 16.5. The number of rotatable bonds is 3. The predicted octanol–water partition coefficient (Wildman–Crippen LogP) is 2.49. The van der Waals surface area contributed by atoms with Crippen LogP contribution in [0.3, 0.4) is 0 Å². The molecule has 0 unspecified atom stereocenters. The van der Waals surface area contributed by atoms with Gasteiger partial charge < -0.3 is 10.2 Å². The molecule has 4 nitrogen and oxygen atoms in total. The lowest BCUT2D eigenvalue weighted by molar-refractivity contribution is -0.117. The number of halogens is 2. The molecular formula is C14H19Cl2N3O. The first-order valence-electron chi connectivity index (χ1n) is 6.62. The Morgan fingerprint density at radius 2 is 1.90 bits per heavy atom. The zero-order chi connectivity index (χ0) is 14.7. The number of amides is 1. The minimum absolute atomic E-state index is 0.0797. The molecule has 1 fully saturated rings. The summed E-state index contributed by atoms with van der Waals surface area (Å²) in [5.41, 5.74) is 1.40. The third-order valence-electron chi connectivity index (χ3n) is 3.51. The molecule has 1 aliphatic rings. The highest BCUT2D eigenvalue weighted by Crippen LogP contribution is 2.32. The zero-order valence-electron chi connectivity index (χ0n) is 11.7. The second kappa shape index (κ2) is 6.76. The van der Waals surface area contributed by atoms with Crippen molar-refractivity contribution in [1.29, 1.82) is 0 Å². The third kappa shape index (κ3) is 3.85. The maximum atomic E-state index is 12.1. The van der Waals surface area contributed by atoms with Gasteiger partial charge in [0.05, 0.1) is 22.3 Å². The van der Waals surface area contributed by atoms with Crippen LogP contribution in [0.5, 0.6) is 0 Å². The molecule has 2 rings (SSSR count). The van der Waals surface area contributed by atoms with Crippen molar-refractivity contribution in [2.75, 3.05) is 45.1 Å². The molecule has 0 aromatic heterocycles. The molecule has 0 radical (unpaired) electrons. The Balaban J connectivity index is 1.97. The van der Waals surface area contributed by atoms with Crippen molar-refractivity contribution in [2.24, 2.45) is 0 Å². The summed E-state index contributed by atoms with van der Waals surface area (Å²) in [7, 11) is 2.09. The van der Waals surface area contributed by atoms with Gasteiger partial charge in [0.1, 0.15) is 0 Å². The van der Waals surface area contributed by atoms with E-state index < -0.39 is 0 Å². The smallest absolute Gasteiger partial charge is 0.238 e. The van der Waals surface area contributed by atoms with Crippen molar-refractivity contribution in [3.63, 3.8) is 0 Å². The van der Waals surface area contributed by atoms with E-state index in [0.29, 0.717) is 22.3 Å². The lowest BCUT2D eigenvalue weighted by Gasteiger charge is -2.31. The van der Waals surface area contributed by atoms with Gasteiger partial charge in [0.25, 0.3) is 0 Å². The highest BCUT2D eigenvalue weighted by molar-refractivity contribution is 6.40. The molecule has 1 saturated heterocycles. The van der Waals surface area contributed by atoms with Gasteiger partial charge in [-0.3, -0.25) is 9.69 Å². The maximum absolute atomic E-state index is 12.1. The Morgan fingerprint density at radius 1 is 1.25 bits per heavy atom. The van der Waals surface area contributed by atoms with Crippen molar-refractivity contribution in [3.8, 4) is 0 Å². The molecule has 0 bridgehead atoms. The molecule has 1 heterocycles. The van der Waals surface area contributed by atoms with Crippen LogP contribution >= 0.6 is 23.2 Å². The number of carbonyl (C=O) groups is 1. The number of piperazine rings is 1. The van der Waals surface area contributed by atoms with Gasteiger partial charge in [-0.1, -0.05) is 29.3 Å². The SMILES string of the molecule is Cc1ccc(Cl)c(NC(=O)CN2CCN(C)CC2)c1Cl. The Kier molecular flexibility index (Phi) is 5.27. The van der Waals surface area contributed by atoms with E-state index in [0.717, 1.165) is 31.7 Å². The van der Waals surface area contributed by atoms with E-state index in [-0.39, 0.29) is 5.91 Å². The lowest BCUT2D eigenvalue weighted by atomic mass is 10.2. The molecule has 1 aromatic carbocycles. The Labute approximate surface area is 129 Å². The van der Waals surface area contributed by atoms with Crippen molar-refractivity contribution in [3.05, 3.63) is 27.7 Å². The minimum atomic E-state index is -0.0797. The van der Waals surface area contributed by atoms with E-state index in [4.69, 9.17) is 23.2 Å². The van der Waals surface area contributed by atoms with Gasteiger partial charge in [-0.05, 0) is 25.6 Å². The van der Waals surface area contributed by atoms with E-state index in [1.165, 1.54) is 0 Å². The first-order chi connectivity index (χ1) is 9.47. The van der Waals surface area contributed by atoms with E-state index >= 15 is 0 Å². The van der Waals surface area contributed by atoms with Crippen LogP contribution in [0.2, 0.25) is 10.0 Å². The van der Waals surface area contributed by atoms with Crippen LogP contribution in [0, 0.1) is 6.92 Å². The number of nitrogens with zero attached hydrogens (tertiary/aromatic N) is 2. The number of benzene rings is 1. The Hall–Kier alpha value is -0.810. The maximum Gasteiger partial charge on any atom is 0.238 e. The average molecular weight is 316 g/mol. The normalized spacial score (nSPS) is 17.2. The number of anilines is 1. The summed E-state index contributed by atoms with van der Waals surface area (Å²) in [5.74, 6) is -0.0797. The van der Waals surface area contributed by atoms with Crippen molar-refractivity contribution < 1.29 is 4.79 Å². The summed E-state index contributed by atoms with van der Waals surface area (Å²) in [6.45, 7) is 6.03. The van der Waals surface area contributed by atoms with E-state index in [1.807, 2.05) is 13.0 Å². The topological polar surface area (TPSA) is 35.6 Å². The number of carbonyl (C=O) groups excluding carboxylic acids is 1. The molecule has 0 saturated carbocycles. The van der Waals surface area contributed by atoms with Crippen LogP contribution < -0.4 is 5.32 Å². The van der Waals surface area contributed by atoms with Crippen LogP contribution in [0.1, 0.15) is 5.56 Å². The number of nitrogens with one attached hydrogen (secondary N) is 1. The molecule has 0 spiro atoms. The molecule has 1 amide bonds. The number of likely N-dealkylation sites (N-methyl/N-ethyl adjacent to an activating group) is 1. The van der Waals surface area contributed by atoms with E-state index in [2.05, 4.69) is 22.2 Å². The highest BCUT2D eigenvalue weighted by atomic mass is 35.5. The quantitative estimate of drug-likeness (QED) is 0.931.